The van der Waals surface area contributed by atoms with E-state index in [-0.39, 0.29) is 0 Å². The highest BCUT2D eigenvalue weighted by Crippen LogP contribution is 2.15. The molecule has 0 aliphatic carbocycles. The molecule has 3 nitrogen and oxygen atoms in total. The van der Waals surface area contributed by atoms with E-state index >= 15 is 0 Å². The van der Waals surface area contributed by atoms with E-state index in [2.05, 4.69) is 0 Å². The Bertz CT molecular complexity index is 343. The summed E-state index contributed by atoms with van der Waals surface area (Å²) in [6, 6.07) is 8.17. The number of benzene rings is 1. The minimum atomic E-state index is -1.08. The predicted molar refractivity (Wildman–Crippen MR) is 49.5 cm³/mol. The zero-order valence-electron chi connectivity index (χ0n) is 6.57. The second kappa shape index (κ2) is 3.96. The Labute approximate surface area is 79.9 Å². The van der Waals surface area contributed by atoms with Crippen molar-refractivity contribution < 1.29 is 15.0 Å². The molecule has 2 N–H and O–H groups in total. The Morgan fingerprint density at radius 1 is 1.15 bits per heavy atom. The van der Waals surface area contributed by atoms with E-state index in [1.165, 1.54) is 0 Å². The summed E-state index contributed by atoms with van der Waals surface area (Å²) in [7, 11) is 0. The van der Waals surface area contributed by atoms with Gasteiger partial charge in [0.1, 0.15) is 0 Å². The fraction of sp³-hybridized carbons (Fsp3) is 0. The van der Waals surface area contributed by atoms with Gasteiger partial charge in [0.05, 0.1) is 0 Å². The van der Waals surface area contributed by atoms with Gasteiger partial charge in [-0.25, -0.2) is 0 Å². The van der Waals surface area contributed by atoms with Gasteiger partial charge in [-0.1, -0.05) is 30.3 Å². The summed E-state index contributed by atoms with van der Waals surface area (Å²) >= 11 is 4.97. The minimum Gasteiger partial charge on any atom is -0.504 e. The van der Waals surface area contributed by atoms with Crippen LogP contribution in [0.3, 0.4) is 0 Å². The van der Waals surface area contributed by atoms with Crippen LogP contribution in [0.15, 0.2) is 36.1 Å². The molecule has 0 bridgehead atoms. The van der Waals surface area contributed by atoms with Crippen LogP contribution in [0.4, 0.5) is 0 Å². The van der Waals surface area contributed by atoms with E-state index in [1.807, 2.05) is 0 Å². The quantitative estimate of drug-likeness (QED) is 0.435. The summed E-state index contributed by atoms with van der Waals surface area (Å²) < 4.78 is 0. The largest absolute Gasteiger partial charge is 0.504 e. The standard InChI is InChI=1S/C9H7ClO3/c10-9(13)8(12)7(11)6-4-2-1-3-5-6/h1-5,11-12H. The minimum absolute atomic E-state index is 0.342. The number of allylic oxidation sites excluding steroid dienone is 1. The number of aliphatic hydroxyl groups is 2. The average Bonchev–Trinajstić information content (AvgIpc) is 2.17. The zero-order valence-corrected chi connectivity index (χ0v) is 7.32. The molecule has 0 saturated heterocycles. The van der Waals surface area contributed by atoms with Gasteiger partial charge in [-0.3, -0.25) is 4.79 Å². The number of hydrogen-bond donors (Lipinski definition) is 2. The first-order chi connectivity index (χ1) is 6.13. The zero-order chi connectivity index (χ0) is 9.84. The summed E-state index contributed by atoms with van der Waals surface area (Å²) in [5.74, 6) is -1.35. The fourth-order valence-corrected chi connectivity index (χ4v) is 0.915. The maximum absolute atomic E-state index is 10.5. The normalized spacial score (nSPS) is 12.1. The van der Waals surface area contributed by atoms with Crippen molar-refractivity contribution >= 4 is 22.6 Å². The van der Waals surface area contributed by atoms with Gasteiger partial charge in [0.25, 0.3) is 5.24 Å². The number of carbonyl (C=O) groups excluding carboxylic acids is 1. The van der Waals surface area contributed by atoms with E-state index < -0.39 is 16.8 Å². The van der Waals surface area contributed by atoms with Crippen LogP contribution in [-0.2, 0) is 4.79 Å². The molecular formula is C9H7ClO3. The summed E-state index contributed by atoms with van der Waals surface area (Å²) in [5.41, 5.74) is 0.342. The summed E-state index contributed by atoms with van der Waals surface area (Å²) in [4.78, 5) is 10.5. The molecule has 0 saturated carbocycles. The summed E-state index contributed by atoms with van der Waals surface area (Å²) in [6.07, 6.45) is 0. The van der Waals surface area contributed by atoms with Gasteiger partial charge in [-0.2, -0.15) is 0 Å². The lowest BCUT2D eigenvalue weighted by Gasteiger charge is -2.00. The maximum Gasteiger partial charge on any atom is 0.290 e. The van der Waals surface area contributed by atoms with Gasteiger partial charge in [0.15, 0.2) is 5.76 Å². The summed E-state index contributed by atoms with van der Waals surface area (Å²) in [5, 5.41) is 17.2. The molecule has 0 amide bonds. The van der Waals surface area contributed by atoms with Crippen LogP contribution in [0, 0.1) is 0 Å². The SMILES string of the molecule is O=C(Cl)C(O)=C(O)c1ccccc1. The van der Waals surface area contributed by atoms with Crippen LogP contribution in [-0.4, -0.2) is 15.5 Å². The lowest BCUT2D eigenvalue weighted by atomic mass is 10.2. The van der Waals surface area contributed by atoms with Crippen molar-refractivity contribution in [3.05, 3.63) is 41.7 Å². The van der Waals surface area contributed by atoms with Crippen molar-refractivity contribution in [3.63, 3.8) is 0 Å². The molecule has 0 atom stereocenters. The molecule has 0 aliphatic heterocycles. The highest BCUT2D eigenvalue weighted by molar-refractivity contribution is 6.67. The van der Waals surface area contributed by atoms with Crippen molar-refractivity contribution in [1.82, 2.24) is 0 Å². The molecule has 0 spiro atoms. The first kappa shape index (κ1) is 9.61. The number of rotatable bonds is 2. The molecule has 0 unspecified atom stereocenters. The second-order valence-electron chi connectivity index (χ2n) is 2.34. The van der Waals surface area contributed by atoms with E-state index in [0.29, 0.717) is 5.56 Å². The Balaban J connectivity index is 3.11. The monoisotopic (exact) mass is 198 g/mol. The smallest absolute Gasteiger partial charge is 0.290 e. The van der Waals surface area contributed by atoms with Gasteiger partial charge in [0.2, 0.25) is 5.76 Å². The van der Waals surface area contributed by atoms with E-state index in [1.54, 1.807) is 30.3 Å². The van der Waals surface area contributed by atoms with Crippen LogP contribution in [0.2, 0.25) is 0 Å². The third-order valence-corrected chi connectivity index (χ3v) is 1.64. The molecule has 4 heteroatoms. The first-order valence-corrected chi connectivity index (χ1v) is 3.88. The molecule has 13 heavy (non-hydrogen) atoms. The molecule has 1 aromatic carbocycles. The third-order valence-electron chi connectivity index (χ3n) is 1.46. The van der Waals surface area contributed by atoms with E-state index in [4.69, 9.17) is 16.7 Å². The molecular weight excluding hydrogens is 192 g/mol. The molecule has 1 rings (SSSR count). The van der Waals surface area contributed by atoms with Crippen molar-refractivity contribution in [2.24, 2.45) is 0 Å². The van der Waals surface area contributed by atoms with Gasteiger partial charge < -0.3 is 10.2 Å². The number of halogens is 1. The Hall–Kier alpha value is -1.48. The van der Waals surface area contributed by atoms with Gasteiger partial charge in [0, 0.05) is 5.56 Å². The highest BCUT2D eigenvalue weighted by atomic mass is 35.5. The third kappa shape index (κ3) is 2.23. The van der Waals surface area contributed by atoms with Gasteiger partial charge in [-0.05, 0) is 11.6 Å². The van der Waals surface area contributed by atoms with Crippen LogP contribution in [0.1, 0.15) is 5.56 Å². The molecule has 0 aromatic heterocycles. The average molecular weight is 199 g/mol. The predicted octanol–water partition coefficient (Wildman–Crippen LogP) is 2.24. The van der Waals surface area contributed by atoms with Crippen LogP contribution in [0.5, 0.6) is 0 Å². The Kier molecular flexibility index (Phi) is 2.93. The molecule has 1 aromatic rings. The molecule has 0 fully saturated rings. The van der Waals surface area contributed by atoms with Gasteiger partial charge >= 0.3 is 0 Å². The molecule has 0 radical (unpaired) electrons. The van der Waals surface area contributed by atoms with Crippen LogP contribution < -0.4 is 0 Å². The van der Waals surface area contributed by atoms with Crippen molar-refractivity contribution in [2.75, 3.05) is 0 Å². The first-order valence-electron chi connectivity index (χ1n) is 3.50. The fourth-order valence-electron chi connectivity index (χ4n) is 0.826. The summed E-state index contributed by atoms with van der Waals surface area (Å²) in [6.45, 7) is 0. The Morgan fingerprint density at radius 3 is 2.15 bits per heavy atom. The maximum atomic E-state index is 10.5. The number of aliphatic hydroxyl groups excluding tert-OH is 2. The number of hydrogen-bond acceptors (Lipinski definition) is 3. The molecule has 0 heterocycles. The van der Waals surface area contributed by atoms with Crippen molar-refractivity contribution in [3.8, 4) is 0 Å². The van der Waals surface area contributed by atoms with Crippen LogP contribution >= 0.6 is 11.6 Å². The number of carbonyl (C=O) groups is 1. The highest BCUT2D eigenvalue weighted by Gasteiger charge is 2.11. The second-order valence-corrected chi connectivity index (χ2v) is 2.68. The van der Waals surface area contributed by atoms with Crippen molar-refractivity contribution in [1.29, 1.82) is 0 Å². The molecule has 0 aliphatic rings. The molecule has 68 valence electrons. The Morgan fingerprint density at radius 2 is 1.69 bits per heavy atom. The lowest BCUT2D eigenvalue weighted by molar-refractivity contribution is -0.110. The van der Waals surface area contributed by atoms with E-state index in [9.17, 15) is 9.90 Å². The lowest BCUT2D eigenvalue weighted by Crippen LogP contribution is -1.97. The van der Waals surface area contributed by atoms with Gasteiger partial charge in [-0.15, -0.1) is 0 Å². The van der Waals surface area contributed by atoms with E-state index in [0.717, 1.165) is 0 Å². The topological polar surface area (TPSA) is 57.5 Å². The van der Waals surface area contributed by atoms with Crippen LogP contribution in [0.25, 0.3) is 5.76 Å². The van der Waals surface area contributed by atoms with Crippen molar-refractivity contribution in [2.45, 2.75) is 0 Å².